The number of para-hydroxylation sites is 1. The van der Waals surface area contributed by atoms with Gasteiger partial charge < -0.3 is 24.8 Å². The first-order valence-corrected chi connectivity index (χ1v) is 11.8. The van der Waals surface area contributed by atoms with Crippen molar-refractivity contribution in [3.8, 4) is 23.0 Å². The lowest BCUT2D eigenvalue weighted by molar-refractivity contribution is -0.118. The Kier molecular flexibility index (Phi) is 5.89. The topological polar surface area (TPSA) is 68.8 Å². The van der Waals surface area contributed by atoms with Gasteiger partial charge in [-0.05, 0) is 54.3 Å². The normalized spacial score (nSPS) is 18.4. The summed E-state index contributed by atoms with van der Waals surface area (Å²) in [6, 6.07) is 20.8. The van der Waals surface area contributed by atoms with E-state index in [9.17, 15) is 4.79 Å². The fourth-order valence-corrected chi connectivity index (χ4v) is 4.90. The molecule has 1 aliphatic carbocycles. The van der Waals surface area contributed by atoms with Gasteiger partial charge in [-0.2, -0.15) is 0 Å². The van der Waals surface area contributed by atoms with Crippen LogP contribution in [0.4, 0.5) is 11.4 Å². The molecule has 6 heteroatoms. The zero-order chi connectivity index (χ0) is 24.6. The third-order valence-electron chi connectivity index (χ3n) is 6.53. The molecule has 1 aliphatic heterocycles. The molecule has 0 amide bonds. The number of nitrogens with one attached hydrogen (secondary N) is 2. The lowest BCUT2D eigenvalue weighted by atomic mass is 9.73. The number of rotatable bonds is 5. The number of hydrogen-bond acceptors (Lipinski definition) is 6. The van der Waals surface area contributed by atoms with E-state index in [4.69, 9.17) is 14.2 Å². The highest BCUT2D eigenvalue weighted by Gasteiger charge is 2.39. The number of ether oxygens (including phenoxy) is 3. The highest BCUT2D eigenvalue weighted by molar-refractivity contribution is 6.01. The maximum absolute atomic E-state index is 13.5. The third-order valence-corrected chi connectivity index (χ3v) is 6.53. The van der Waals surface area contributed by atoms with E-state index in [1.807, 2.05) is 66.7 Å². The summed E-state index contributed by atoms with van der Waals surface area (Å²) in [5.41, 5.74) is 4.29. The van der Waals surface area contributed by atoms with Gasteiger partial charge in [-0.1, -0.05) is 32.0 Å². The van der Waals surface area contributed by atoms with Crippen LogP contribution >= 0.6 is 0 Å². The van der Waals surface area contributed by atoms with Gasteiger partial charge in [0.25, 0.3) is 0 Å². The van der Waals surface area contributed by atoms with Gasteiger partial charge >= 0.3 is 0 Å². The van der Waals surface area contributed by atoms with Gasteiger partial charge in [0.1, 0.15) is 23.0 Å². The van der Waals surface area contributed by atoms with E-state index in [1.165, 1.54) is 0 Å². The summed E-state index contributed by atoms with van der Waals surface area (Å²) in [6.07, 6.45) is 1.29. The van der Waals surface area contributed by atoms with E-state index in [0.717, 1.165) is 46.1 Å². The van der Waals surface area contributed by atoms with Crippen molar-refractivity contribution in [1.29, 1.82) is 0 Å². The van der Waals surface area contributed by atoms with Gasteiger partial charge in [-0.15, -0.1) is 0 Å². The van der Waals surface area contributed by atoms with Crippen molar-refractivity contribution in [2.24, 2.45) is 5.41 Å². The molecule has 0 saturated heterocycles. The summed E-state index contributed by atoms with van der Waals surface area (Å²) in [4.78, 5) is 13.5. The minimum absolute atomic E-state index is 0.115. The lowest BCUT2D eigenvalue weighted by Gasteiger charge is -2.34. The number of allylic oxidation sites excluding steroid dienone is 1. The molecule has 0 bridgehead atoms. The Hall–Kier alpha value is -3.93. The van der Waals surface area contributed by atoms with Crippen LogP contribution in [-0.4, -0.2) is 20.0 Å². The van der Waals surface area contributed by atoms with Crippen LogP contribution < -0.4 is 24.8 Å². The van der Waals surface area contributed by atoms with Gasteiger partial charge in [0.15, 0.2) is 5.78 Å². The van der Waals surface area contributed by atoms with Crippen LogP contribution in [0.5, 0.6) is 23.0 Å². The fourth-order valence-electron chi connectivity index (χ4n) is 4.90. The van der Waals surface area contributed by atoms with Crippen molar-refractivity contribution < 1.29 is 19.0 Å². The smallest absolute Gasteiger partial charge is 0.163 e. The third kappa shape index (κ3) is 4.56. The van der Waals surface area contributed by atoms with E-state index in [-0.39, 0.29) is 17.2 Å². The molecule has 1 heterocycles. The van der Waals surface area contributed by atoms with Crippen LogP contribution in [0.25, 0.3) is 0 Å². The molecule has 3 aromatic carbocycles. The number of Topliss-reactive ketones (excluding diaryl/α,β-unsaturated/α-hetero) is 1. The van der Waals surface area contributed by atoms with E-state index in [1.54, 1.807) is 14.2 Å². The number of fused-ring (bicyclic) bond motifs is 1. The number of benzene rings is 3. The number of carbonyl (C=O) groups is 1. The maximum atomic E-state index is 13.5. The molecule has 1 unspecified atom stereocenters. The summed E-state index contributed by atoms with van der Waals surface area (Å²) >= 11 is 0. The van der Waals surface area contributed by atoms with Gasteiger partial charge in [0, 0.05) is 29.3 Å². The summed E-state index contributed by atoms with van der Waals surface area (Å²) in [6.45, 7) is 4.28. The average Bonchev–Trinajstić information content (AvgIpc) is 3.00. The molecule has 5 rings (SSSR count). The van der Waals surface area contributed by atoms with Gasteiger partial charge in [0.2, 0.25) is 0 Å². The van der Waals surface area contributed by atoms with Crippen molar-refractivity contribution in [3.05, 3.63) is 83.6 Å². The summed E-state index contributed by atoms with van der Waals surface area (Å²) < 4.78 is 17.0. The Bertz CT molecular complexity index is 1290. The molecule has 35 heavy (non-hydrogen) atoms. The zero-order valence-electron chi connectivity index (χ0n) is 20.5. The van der Waals surface area contributed by atoms with Crippen molar-refractivity contribution in [2.75, 3.05) is 24.9 Å². The molecule has 6 nitrogen and oxygen atoms in total. The molecule has 180 valence electrons. The highest BCUT2D eigenvalue weighted by atomic mass is 16.5. The molecular formula is C29H30N2O4. The van der Waals surface area contributed by atoms with Crippen molar-refractivity contribution >= 4 is 17.2 Å². The van der Waals surface area contributed by atoms with Crippen LogP contribution in [-0.2, 0) is 4.79 Å². The molecular weight excluding hydrogens is 440 g/mol. The van der Waals surface area contributed by atoms with Crippen molar-refractivity contribution in [3.63, 3.8) is 0 Å². The second kappa shape index (κ2) is 9.02. The minimum atomic E-state index is -0.352. The van der Waals surface area contributed by atoms with Gasteiger partial charge in [-0.25, -0.2) is 0 Å². The average molecular weight is 471 g/mol. The molecule has 1 atom stereocenters. The van der Waals surface area contributed by atoms with E-state index >= 15 is 0 Å². The fraction of sp³-hybridized carbons (Fsp3) is 0.276. The number of anilines is 2. The predicted octanol–water partition coefficient (Wildman–Crippen LogP) is 6.72. The van der Waals surface area contributed by atoms with E-state index in [2.05, 4.69) is 24.5 Å². The maximum Gasteiger partial charge on any atom is 0.163 e. The minimum Gasteiger partial charge on any atom is -0.497 e. The molecule has 2 N–H and O–H groups in total. The Morgan fingerprint density at radius 3 is 2.29 bits per heavy atom. The monoisotopic (exact) mass is 470 g/mol. The lowest BCUT2D eigenvalue weighted by Crippen LogP contribution is -2.31. The zero-order valence-corrected chi connectivity index (χ0v) is 20.5. The Morgan fingerprint density at radius 1 is 0.829 bits per heavy atom. The van der Waals surface area contributed by atoms with E-state index < -0.39 is 0 Å². The second-order valence-corrected chi connectivity index (χ2v) is 9.76. The molecule has 0 radical (unpaired) electrons. The van der Waals surface area contributed by atoms with Crippen molar-refractivity contribution in [1.82, 2.24) is 0 Å². The van der Waals surface area contributed by atoms with Crippen molar-refractivity contribution in [2.45, 2.75) is 32.7 Å². The quantitative estimate of drug-likeness (QED) is 0.432. The SMILES string of the molecule is COc1ccc(Oc2ccc3c(c2)NC(c2ccccc2OC)C2=C(CC(C)(C)CC2=O)N3)cc1. The highest BCUT2D eigenvalue weighted by Crippen LogP contribution is 2.47. The van der Waals surface area contributed by atoms with Crippen LogP contribution in [0.1, 0.15) is 38.3 Å². The number of carbonyl (C=O) groups excluding carboxylic acids is 1. The molecule has 0 saturated carbocycles. The molecule has 2 aliphatic rings. The van der Waals surface area contributed by atoms with Gasteiger partial charge in [0.05, 0.1) is 31.6 Å². The molecule has 0 spiro atoms. The number of ketones is 1. The van der Waals surface area contributed by atoms with Crippen LogP contribution in [0, 0.1) is 5.41 Å². The number of hydrogen-bond donors (Lipinski definition) is 2. The summed E-state index contributed by atoms with van der Waals surface area (Å²) in [7, 11) is 3.29. The Morgan fingerprint density at radius 2 is 1.54 bits per heavy atom. The first-order valence-electron chi connectivity index (χ1n) is 11.8. The standard InChI is InChI=1S/C29H30N2O4/c1-29(2)16-24-27(25(32)17-29)28(21-7-5-6-8-26(21)34-4)31-23-15-20(13-14-22(23)30-24)35-19-11-9-18(33-3)10-12-19/h5-15,28,30-31H,16-17H2,1-4H3. The molecule has 0 fully saturated rings. The van der Waals surface area contributed by atoms with Gasteiger partial charge in [-0.3, -0.25) is 4.79 Å². The molecule has 0 aromatic heterocycles. The van der Waals surface area contributed by atoms with Crippen LogP contribution in [0.3, 0.4) is 0 Å². The van der Waals surface area contributed by atoms with E-state index in [0.29, 0.717) is 17.9 Å². The largest absolute Gasteiger partial charge is 0.497 e. The Labute approximate surface area is 205 Å². The Balaban J connectivity index is 1.56. The number of methoxy groups -OCH3 is 2. The summed E-state index contributed by atoms with van der Waals surface area (Å²) in [5.74, 6) is 3.06. The van der Waals surface area contributed by atoms with Crippen LogP contribution in [0.15, 0.2) is 78.0 Å². The molecule has 3 aromatic rings. The van der Waals surface area contributed by atoms with Crippen LogP contribution in [0.2, 0.25) is 0 Å². The first-order chi connectivity index (χ1) is 16.9. The first kappa shape index (κ1) is 22.8. The summed E-state index contributed by atoms with van der Waals surface area (Å²) in [5, 5.41) is 7.20. The predicted molar refractivity (Wildman–Crippen MR) is 138 cm³/mol. The second-order valence-electron chi connectivity index (χ2n) is 9.76.